The van der Waals surface area contributed by atoms with Gasteiger partial charge in [0.05, 0.1) is 4.90 Å². The highest BCUT2D eigenvalue weighted by atomic mass is 79.9. The molecular formula is C13H18BrClN2O2S. The van der Waals surface area contributed by atoms with E-state index in [2.05, 4.69) is 21.2 Å². The molecule has 1 aliphatic heterocycles. The van der Waals surface area contributed by atoms with Gasteiger partial charge < -0.3 is 5.32 Å². The van der Waals surface area contributed by atoms with E-state index in [0.29, 0.717) is 28.5 Å². The summed E-state index contributed by atoms with van der Waals surface area (Å²) >= 11 is 9.15. The van der Waals surface area contributed by atoms with Crippen molar-refractivity contribution in [2.24, 2.45) is 5.92 Å². The lowest BCUT2D eigenvalue weighted by atomic mass is 9.98. The molecule has 1 aromatic carbocycles. The molecule has 0 amide bonds. The lowest BCUT2D eigenvalue weighted by Gasteiger charge is -2.31. The summed E-state index contributed by atoms with van der Waals surface area (Å²) < 4.78 is 27.3. The summed E-state index contributed by atoms with van der Waals surface area (Å²) in [4.78, 5) is 0.286. The highest BCUT2D eigenvalue weighted by Gasteiger charge is 2.30. The molecule has 0 spiro atoms. The van der Waals surface area contributed by atoms with E-state index < -0.39 is 10.0 Å². The third kappa shape index (κ3) is 3.54. The molecule has 0 aliphatic carbocycles. The Kier molecular flexibility index (Phi) is 5.48. The van der Waals surface area contributed by atoms with E-state index in [9.17, 15) is 8.42 Å². The van der Waals surface area contributed by atoms with E-state index in [1.807, 2.05) is 7.05 Å². The molecule has 20 heavy (non-hydrogen) atoms. The predicted molar refractivity (Wildman–Crippen MR) is 84.6 cm³/mol. The fraction of sp³-hybridized carbons (Fsp3) is 0.538. The van der Waals surface area contributed by atoms with Gasteiger partial charge in [0.15, 0.2) is 0 Å². The van der Waals surface area contributed by atoms with Gasteiger partial charge >= 0.3 is 0 Å². The van der Waals surface area contributed by atoms with Crippen LogP contribution in [0.3, 0.4) is 0 Å². The maximum Gasteiger partial charge on any atom is 0.244 e. The lowest BCUT2D eigenvalue weighted by Crippen LogP contribution is -2.40. The molecule has 1 aliphatic rings. The Labute approximate surface area is 133 Å². The fourth-order valence-electron chi connectivity index (χ4n) is 2.47. The minimum Gasteiger partial charge on any atom is -0.319 e. The minimum absolute atomic E-state index is 0.286. The van der Waals surface area contributed by atoms with Crippen molar-refractivity contribution >= 4 is 37.6 Å². The van der Waals surface area contributed by atoms with Crippen LogP contribution in [0.5, 0.6) is 0 Å². The number of hydrogen-bond acceptors (Lipinski definition) is 3. The number of halogens is 2. The topological polar surface area (TPSA) is 49.4 Å². The van der Waals surface area contributed by atoms with Gasteiger partial charge in [-0.25, -0.2) is 8.42 Å². The van der Waals surface area contributed by atoms with Gasteiger partial charge in [-0.1, -0.05) is 11.6 Å². The van der Waals surface area contributed by atoms with Crippen molar-refractivity contribution in [1.29, 1.82) is 0 Å². The molecule has 1 N–H and O–H groups in total. The second-order valence-corrected chi connectivity index (χ2v) is 8.18. The number of nitrogens with zero attached hydrogens (tertiary/aromatic N) is 1. The van der Waals surface area contributed by atoms with Crippen LogP contribution >= 0.6 is 27.5 Å². The zero-order valence-corrected chi connectivity index (χ0v) is 14.4. The van der Waals surface area contributed by atoms with Gasteiger partial charge in [0.2, 0.25) is 10.0 Å². The molecule has 1 heterocycles. The number of piperidine rings is 1. The molecule has 0 atom stereocenters. The van der Waals surface area contributed by atoms with E-state index in [-0.39, 0.29) is 4.90 Å². The van der Waals surface area contributed by atoms with Crippen molar-refractivity contribution in [3.63, 3.8) is 0 Å². The van der Waals surface area contributed by atoms with Crippen LogP contribution in [0.15, 0.2) is 27.6 Å². The summed E-state index contributed by atoms with van der Waals surface area (Å²) in [6.45, 7) is 2.09. The largest absolute Gasteiger partial charge is 0.319 e. The van der Waals surface area contributed by atoms with Crippen molar-refractivity contribution in [2.45, 2.75) is 17.7 Å². The van der Waals surface area contributed by atoms with Crippen LogP contribution in [0.4, 0.5) is 0 Å². The molecular weight excluding hydrogens is 364 g/mol. The Morgan fingerprint density at radius 3 is 2.60 bits per heavy atom. The average Bonchev–Trinajstić information content (AvgIpc) is 2.39. The molecule has 4 nitrogen and oxygen atoms in total. The quantitative estimate of drug-likeness (QED) is 0.872. The first kappa shape index (κ1) is 16.2. The summed E-state index contributed by atoms with van der Waals surface area (Å²) in [6, 6.07) is 4.77. The summed E-state index contributed by atoms with van der Waals surface area (Å²) in [5, 5.41) is 3.67. The Balaban J connectivity index is 2.15. The molecule has 0 saturated carbocycles. The molecule has 112 valence electrons. The molecule has 0 bridgehead atoms. The van der Waals surface area contributed by atoms with Crippen LogP contribution in [-0.4, -0.2) is 39.4 Å². The van der Waals surface area contributed by atoms with Gasteiger partial charge in [-0.15, -0.1) is 0 Å². The van der Waals surface area contributed by atoms with E-state index in [4.69, 9.17) is 11.6 Å². The summed E-state index contributed by atoms with van der Waals surface area (Å²) in [7, 11) is -1.52. The van der Waals surface area contributed by atoms with Gasteiger partial charge in [0.1, 0.15) is 0 Å². The standard InChI is InChI=1S/C13H18BrClN2O2S/c1-16-9-10-4-6-17(7-5-10)20(18,19)13-3-2-11(15)8-12(13)14/h2-3,8,10,16H,4-7,9H2,1H3. The molecule has 1 aromatic rings. The molecule has 7 heteroatoms. The highest BCUT2D eigenvalue weighted by molar-refractivity contribution is 9.10. The van der Waals surface area contributed by atoms with Crippen molar-refractivity contribution in [1.82, 2.24) is 9.62 Å². The molecule has 0 unspecified atom stereocenters. The van der Waals surface area contributed by atoms with Crippen molar-refractivity contribution in [3.8, 4) is 0 Å². The third-order valence-corrected chi connectivity index (χ3v) is 6.69. The Bertz CT molecular complexity index is 572. The molecule has 0 radical (unpaired) electrons. The van der Waals surface area contributed by atoms with Gasteiger partial charge in [-0.2, -0.15) is 4.31 Å². The molecule has 1 saturated heterocycles. The number of rotatable bonds is 4. The number of sulfonamides is 1. The zero-order valence-electron chi connectivity index (χ0n) is 11.3. The van der Waals surface area contributed by atoms with E-state index in [0.717, 1.165) is 19.4 Å². The molecule has 2 rings (SSSR count). The van der Waals surface area contributed by atoms with Gasteiger partial charge in [-0.3, -0.25) is 0 Å². The van der Waals surface area contributed by atoms with Crippen molar-refractivity contribution < 1.29 is 8.42 Å². The van der Waals surface area contributed by atoms with E-state index in [1.165, 1.54) is 0 Å². The maximum absolute atomic E-state index is 12.6. The van der Waals surface area contributed by atoms with E-state index >= 15 is 0 Å². The lowest BCUT2D eigenvalue weighted by molar-refractivity contribution is 0.270. The average molecular weight is 382 g/mol. The summed E-state index contributed by atoms with van der Waals surface area (Å²) in [5.74, 6) is 0.556. The minimum atomic E-state index is -3.44. The number of hydrogen-bond donors (Lipinski definition) is 1. The van der Waals surface area contributed by atoms with Crippen LogP contribution in [0.25, 0.3) is 0 Å². The third-order valence-electron chi connectivity index (χ3n) is 3.58. The second kappa shape index (κ2) is 6.75. The Morgan fingerprint density at radius 1 is 1.40 bits per heavy atom. The monoisotopic (exact) mass is 380 g/mol. The smallest absolute Gasteiger partial charge is 0.244 e. The van der Waals surface area contributed by atoms with Crippen LogP contribution < -0.4 is 5.32 Å². The SMILES string of the molecule is CNCC1CCN(S(=O)(=O)c2ccc(Cl)cc2Br)CC1. The van der Waals surface area contributed by atoms with Crippen LogP contribution in [0, 0.1) is 5.92 Å². The Hall–Kier alpha value is -0.140. The number of nitrogens with one attached hydrogen (secondary N) is 1. The first-order valence-electron chi connectivity index (χ1n) is 6.55. The van der Waals surface area contributed by atoms with Gasteiger partial charge in [-0.05, 0) is 66.5 Å². The maximum atomic E-state index is 12.6. The van der Waals surface area contributed by atoms with Crippen LogP contribution in [-0.2, 0) is 10.0 Å². The predicted octanol–water partition coefficient (Wildman–Crippen LogP) is 2.72. The molecule has 1 fully saturated rings. The van der Waals surface area contributed by atoms with Gasteiger partial charge in [0.25, 0.3) is 0 Å². The number of benzene rings is 1. The Morgan fingerprint density at radius 2 is 2.05 bits per heavy atom. The summed E-state index contributed by atoms with van der Waals surface area (Å²) in [5.41, 5.74) is 0. The summed E-state index contributed by atoms with van der Waals surface area (Å²) in [6.07, 6.45) is 1.79. The first-order chi connectivity index (χ1) is 9.45. The van der Waals surface area contributed by atoms with Crippen LogP contribution in [0.2, 0.25) is 5.02 Å². The van der Waals surface area contributed by atoms with Crippen molar-refractivity contribution in [3.05, 3.63) is 27.7 Å². The van der Waals surface area contributed by atoms with Gasteiger partial charge in [0, 0.05) is 22.6 Å². The van der Waals surface area contributed by atoms with Crippen LogP contribution in [0.1, 0.15) is 12.8 Å². The highest BCUT2D eigenvalue weighted by Crippen LogP contribution is 2.30. The first-order valence-corrected chi connectivity index (χ1v) is 9.16. The van der Waals surface area contributed by atoms with E-state index in [1.54, 1.807) is 22.5 Å². The van der Waals surface area contributed by atoms with Crippen molar-refractivity contribution in [2.75, 3.05) is 26.7 Å². The fourth-order valence-corrected chi connectivity index (χ4v) is 5.28. The molecule has 0 aromatic heterocycles. The second-order valence-electron chi connectivity index (χ2n) is 4.98. The normalized spacial score (nSPS) is 18.4. The zero-order chi connectivity index (χ0) is 14.8.